The molecule has 1 aromatic rings. The number of anilines is 1. The second kappa shape index (κ2) is 10.9. The first-order chi connectivity index (χ1) is 15.6. The van der Waals surface area contributed by atoms with Crippen molar-refractivity contribution in [2.45, 2.75) is 99.0 Å². The van der Waals surface area contributed by atoms with Gasteiger partial charge in [-0.05, 0) is 101 Å². The maximum absolute atomic E-state index is 12.1. The average molecular weight is 452 g/mol. The lowest BCUT2D eigenvalue weighted by Gasteiger charge is -2.57. The number of rotatable bonds is 8. The smallest absolute Gasteiger partial charge is 0.411 e. The number of nitrogens with one attached hydrogen (secondary N) is 1. The third-order valence-electron chi connectivity index (χ3n) is 8.52. The van der Waals surface area contributed by atoms with Crippen LogP contribution in [0.2, 0.25) is 0 Å². The van der Waals surface area contributed by atoms with Crippen LogP contribution in [-0.4, -0.2) is 12.2 Å². The van der Waals surface area contributed by atoms with Crippen LogP contribution in [0, 0.1) is 22.7 Å². The molecule has 0 bridgehead atoms. The largest absolute Gasteiger partial charge is 0.446 e. The molecule has 1 N–H and O–H groups in total. The number of para-hydroxylation sites is 1. The predicted molar refractivity (Wildman–Crippen MR) is 139 cm³/mol. The van der Waals surface area contributed by atoms with Crippen LogP contribution in [-0.2, 0) is 4.74 Å². The van der Waals surface area contributed by atoms with Crippen LogP contribution in [0.3, 0.4) is 0 Å². The van der Waals surface area contributed by atoms with E-state index in [9.17, 15) is 4.79 Å². The van der Waals surface area contributed by atoms with Crippen LogP contribution >= 0.6 is 0 Å². The maximum Gasteiger partial charge on any atom is 0.411 e. The molecular weight excluding hydrogens is 406 g/mol. The lowest BCUT2D eigenvalue weighted by molar-refractivity contribution is -0.0390. The highest BCUT2D eigenvalue weighted by molar-refractivity contribution is 5.84. The van der Waals surface area contributed by atoms with Crippen LogP contribution in [0.1, 0.15) is 92.9 Å². The molecule has 0 unspecified atom stereocenters. The van der Waals surface area contributed by atoms with Crippen molar-refractivity contribution in [3.63, 3.8) is 0 Å². The number of amides is 1. The van der Waals surface area contributed by atoms with Gasteiger partial charge in [-0.1, -0.05) is 68.7 Å². The Morgan fingerprint density at radius 1 is 1.21 bits per heavy atom. The Bertz CT molecular complexity index is 853. The van der Waals surface area contributed by atoms with Gasteiger partial charge in [-0.25, -0.2) is 4.79 Å². The van der Waals surface area contributed by atoms with Gasteiger partial charge in [0.25, 0.3) is 0 Å². The summed E-state index contributed by atoms with van der Waals surface area (Å²) in [7, 11) is 0. The zero-order chi connectivity index (χ0) is 24.1. The SMILES string of the molecule is CC(=CCC[C@H](C)OC(=O)Nc1ccccc1)CC[C@@H]1C(C)=CC[C@@H]2C(C)(C)CCC[C@]12C. The molecule has 2 aliphatic rings. The van der Waals surface area contributed by atoms with Crippen LogP contribution < -0.4 is 5.32 Å². The van der Waals surface area contributed by atoms with E-state index < -0.39 is 0 Å². The molecule has 2 aliphatic carbocycles. The third-order valence-corrected chi connectivity index (χ3v) is 8.52. The van der Waals surface area contributed by atoms with Crippen molar-refractivity contribution in [3.8, 4) is 0 Å². The van der Waals surface area contributed by atoms with Crippen molar-refractivity contribution >= 4 is 11.8 Å². The number of ether oxygens (including phenoxy) is 1. The molecule has 3 heteroatoms. The maximum atomic E-state index is 12.1. The van der Waals surface area contributed by atoms with Crippen molar-refractivity contribution in [1.82, 2.24) is 0 Å². The summed E-state index contributed by atoms with van der Waals surface area (Å²) in [6.07, 6.45) is 14.0. The quantitative estimate of drug-likeness (QED) is 0.401. The summed E-state index contributed by atoms with van der Waals surface area (Å²) in [6.45, 7) is 14.2. The number of carbonyl (C=O) groups excluding carboxylic acids is 1. The Balaban J connectivity index is 1.46. The highest BCUT2D eigenvalue weighted by Gasteiger charge is 2.51. The molecule has 4 atom stereocenters. The Kier molecular flexibility index (Phi) is 8.48. The van der Waals surface area contributed by atoms with Crippen LogP contribution in [0.15, 0.2) is 53.6 Å². The molecule has 0 aliphatic heterocycles. The van der Waals surface area contributed by atoms with Gasteiger partial charge in [-0.3, -0.25) is 5.32 Å². The van der Waals surface area contributed by atoms with Crippen molar-refractivity contribution in [2.24, 2.45) is 22.7 Å². The summed E-state index contributed by atoms with van der Waals surface area (Å²) in [4.78, 5) is 12.1. The molecule has 0 heterocycles. The first-order valence-electron chi connectivity index (χ1n) is 13.0. The monoisotopic (exact) mass is 451 g/mol. The summed E-state index contributed by atoms with van der Waals surface area (Å²) in [5.74, 6) is 1.50. The van der Waals surface area contributed by atoms with Crippen LogP contribution in [0.25, 0.3) is 0 Å². The Labute approximate surface area is 202 Å². The number of benzene rings is 1. The average Bonchev–Trinajstić information content (AvgIpc) is 2.73. The molecular formula is C30H45NO2. The molecule has 1 fully saturated rings. The molecule has 1 amide bonds. The summed E-state index contributed by atoms with van der Waals surface area (Å²) in [6, 6.07) is 9.43. The minimum atomic E-state index is -0.382. The molecule has 1 aromatic carbocycles. The van der Waals surface area contributed by atoms with E-state index in [-0.39, 0.29) is 12.2 Å². The molecule has 3 nitrogen and oxygen atoms in total. The fourth-order valence-corrected chi connectivity index (χ4v) is 6.64. The van der Waals surface area contributed by atoms with E-state index in [1.165, 1.54) is 37.7 Å². The van der Waals surface area contributed by atoms with E-state index in [4.69, 9.17) is 4.74 Å². The minimum absolute atomic E-state index is 0.106. The number of allylic oxidation sites excluding steroid dienone is 4. The van der Waals surface area contributed by atoms with E-state index in [1.54, 1.807) is 5.57 Å². The zero-order valence-corrected chi connectivity index (χ0v) is 21.7. The van der Waals surface area contributed by atoms with E-state index in [0.29, 0.717) is 16.7 Å². The highest BCUT2D eigenvalue weighted by atomic mass is 16.6. The third kappa shape index (κ3) is 6.52. The first kappa shape index (κ1) is 25.6. The fourth-order valence-electron chi connectivity index (χ4n) is 6.64. The normalized spacial score (nSPS) is 27.8. The Hall–Kier alpha value is -2.03. The van der Waals surface area contributed by atoms with E-state index in [0.717, 1.165) is 30.9 Å². The molecule has 0 spiro atoms. The number of hydrogen-bond donors (Lipinski definition) is 1. The summed E-state index contributed by atoms with van der Waals surface area (Å²) < 4.78 is 5.51. The lowest BCUT2D eigenvalue weighted by Crippen LogP contribution is -2.48. The van der Waals surface area contributed by atoms with Crippen LogP contribution in [0.4, 0.5) is 10.5 Å². The second-order valence-corrected chi connectivity index (χ2v) is 11.5. The van der Waals surface area contributed by atoms with Crippen molar-refractivity contribution in [1.29, 1.82) is 0 Å². The van der Waals surface area contributed by atoms with Crippen molar-refractivity contribution < 1.29 is 9.53 Å². The number of carbonyl (C=O) groups is 1. The predicted octanol–water partition coefficient (Wildman–Crippen LogP) is 8.93. The minimum Gasteiger partial charge on any atom is -0.446 e. The van der Waals surface area contributed by atoms with E-state index >= 15 is 0 Å². The molecule has 0 aromatic heterocycles. The lowest BCUT2D eigenvalue weighted by atomic mass is 9.48. The van der Waals surface area contributed by atoms with Gasteiger partial charge >= 0.3 is 6.09 Å². The van der Waals surface area contributed by atoms with Crippen LogP contribution in [0.5, 0.6) is 0 Å². The fraction of sp³-hybridized carbons (Fsp3) is 0.633. The topological polar surface area (TPSA) is 38.3 Å². The molecule has 0 saturated heterocycles. The summed E-state index contributed by atoms with van der Waals surface area (Å²) in [5, 5.41) is 2.78. The van der Waals surface area contributed by atoms with Gasteiger partial charge < -0.3 is 4.74 Å². The molecule has 0 radical (unpaired) electrons. The number of hydrogen-bond acceptors (Lipinski definition) is 2. The van der Waals surface area contributed by atoms with Gasteiger partial charge in [0.2, 0.25) is 0 Å². The molecule has 33 heavy (non-hydrogen) atoms. The summed E-state index contributed by atoms with van der Waals surface area (Å²) >= 11 is 0. The van der Waals surface area contributed by atoms with Gasteiger partial charge in [-0.2, -0.15) is 0 Å². The van der Waals surface area contributed by atoms with Gasteiger partial charge in [0, 0.05) is 5.69 Å². The Morgan fingerprint density at radius 2 is 1.94 bits per heavy atom. The first-order valence-corrected chi connectivity index (χ1v) is 13.0. The Morgan fingerprint density at radius 3 is 2.67 bits per heavy atom. The van der Waals surface area contributed by atoms with Gasteiger partial charge in [0.1, 0.15) is 6.10 Å². The summed E-state index contributed by atoms with van der Waals surface area (Å²) in [5.41, 5.74) is 4.73. The van der Waals surface area contributed by atoms with Crippen molar-refractivity contribution in [2.75, 3.05) is 5.32 Å². The molecule has 182 valence electrons. The molecule has 3 rings (SSSR count). The van der Waals surface area contributed by atoms with Gasteiger partial charge in [-0.15, -0.1) is 0 Å². The van der Waals surface area contributed by atoms with Gasteiger partial charge in [0.15, 0.2) is 0 Å². The number of fused-ring (bicyclic) bond motifs is 1. The second-order valence-electron chi connectivity index (χ2n) is 11.5. The molecule has 1 saturated carbocycles. The highest BCUT2D eigenvalue weighted by Crippen LogP contribution is 2.60. The van der Waals surface area contributed by atoms with E-state index in [1.807, 2.05) is 37.3 Å². The van der Waals surface area contributed by atoms with E-state index in [2.05, 4.69) is 52.1 Å². The standard InChI is InChI=1S/C30H45NO2/c1-22(12-10-13-24(3)33-28(32)31-25-14-8-7-9-15-25)16-18-26-23(2)17-19-27-29(4,5)20-11-21-30(26,27)6/h7-9,12,14-15,17,24,26-27H,10-11,13,16,18-21H2,1-6H3,(H,31,32)/t24-,26+,27+,30+/m0/s1. The van der Waals surface area contributed by atoms with Gasteiger partial charge in [0.05, 0.1) is 0 Å². The van der Waals surface area contributed by atoms with Crippen molar-refractivity contribution in [3.05, 3.63) is 53.6 Å². The zero-order valence-electron chi connectivity index (χ0n) is 21.7.